The van der Waals surface area contributed by atoms with Crippen molar-refractivity contribution in [3.63, 3.8) is 0 Å². The molecule has 4 rings (SSSR count). The number of benzene rings is 1. The Morgan fingerprint density at radius 2 is 1.79 bits per heavy atom. The van der Waals surface area contributed by atoms with E-state index in [-0.39, 0.29) is 24.7 Å². The van der Waals surface area contributed by atoms with Gasteiger partial charge in [0.2, 0.25) is 0 Å². The maximum atomic E-state index is 12.6. The SMILES string of the molecule is CC(C)O[C@@H]1[C@H](OC(C)C)[C@@H](CO)O[C@H]1n1cnc2c(NC(=O)c3ccccc3)ncnc21. The molecule has 1 amide bonds. The molecule has 1 aromatic carbocycles. The van der Waals surface area contributed by atoms with E-state index in [0.717, 1.165) is 0 Å². The van der Waals surface area contributed by atoms with Crippen LogP contribution in [0.15, 0.2) is 43.0 Å². The molecule has 1 aliphatic rings. The summed E-state index contributed by atoms with van der Waals surface area (Å²) < 4.78 is 20.1. The first-order valence-electron chi connectivity index (χ1n) is 11.0. The zero-order valence-electron chi connectivity index (χ0n) is 19.1. The van der Waals surface area contributed by atoms with Gasteiger partial charge in [0, 0.05) is 5.56 Å². The van der Waals surface area contributed by atoms with E-state index in [4.69, 9.17) is 14.2 Å². The van der Waals surface area contributed by atoms with Gasteiger partial charge in [-0.1, -0.05) is 18.2 Å². The number of nitrogens with one attached hydrogen (secondary N) is 1. The van der Waals surface area contributed by atoms with E-state index in [2.05, 4.69) is 20.3 Å². The highest BCUT2D eigenvalue weighted by molar-refractivity contribution is 6.06. The minimum Gasteiger partial charge on any atom is -0.394 e. The lowest BCUT2D eigenvalue weighted by molar-refractivity contribution is -0.113. The van der Waals surface area contributed by atoms with Crippen molar-refractivity contribution in [1.29, 1.82) is 0 Å². The van der Waals surface area contributed by atoms with E-state index < -0.39 is 24.5 Å². The van der Waals surface area contributed by atoms with Gasteiger partial charge in [-0.3, -0.25) is 9.36 Å². The number of nitrogens with zero attached hydrogens (tertiary/aromatic N) is 4. The van der Waals surface area contributed by atoms with Crippen molar-refractivity contribution in [2.75, 3.05) is 11.9 Å². The maximum Gasteiger partial charge on any atom is 0.256 e. The Balaban J connectivity index is 1.67. The molecule has 10 nitrogen and oxygen atoms in total. The topological polar surface area (TPSA) is 121 Å². The number of imidazole rings is 1. The van der Waals surface area contributed by atoms with Crippen molar-refractivity contribution < 1.29 is 24.1 Å². The predicted molar refractivity (Wildman–Crippen MR) is 121 cm³/mol. The van der Waals surface area contributed by atoms with E-state index >= 15 is 0 Å². The summed E-state index contributed by atoms with van der Waals surface area (Å²) in [5.41, 5.74) is 1.40. The number of amides is 1. The Morgan fingerprint density at radius 3 is 2.45 bits per heavy atom. The number of rotatable bonds is 8. The van der Waals surface area contributed by atoms with Gasteiger partial charge in [0.15, 0.2) is 23.2 Å². The molecule has 1 fully saturated rings. The van der Waals surface area contributed by atoms with Gasteiger partial charge in [-0.25, -0.2) is 15.0 Å². The van der Waals surface area contributed by atoms with Crippen molar-refractivity contribution in [2.24, 2.45) is 0 Å². The molecule has 33 heavy (non-hydrogen) atoms. The van der Waals surface area contributed by atoms with Crippen LogP contribution in [0.2, 0.25) is 0 Å². The number of ether oxygens (including phenoxy) is 3. The van der Waals surface area contributed by atoms with Crippen LogP contribution in [0.3, 0.4) is 0 Å². The molecule has 0 unspecified atom stereocenters. The Labute approximate surface area is 191 Å². The molecule has 3 heterocycles. The highest BCUT2D eigenvalue weighted by atomic mass is 16.6. The Morgan fingerprint density at radius 1 is 1.09 bits per heavy atom. The Hall–Kier alpha value is -2.92. The zero-order valence-corrected chi connectivity index (χ0v) is 19.1. The largest absolute Gasteiger partial charge is 0.394 e. The second-order valence-corrected chi connectivity index (χ2v) is 8.41. The normalized spacial score (nSPS) is 23.0. The number of carbonyl (C=O) groups is 1. The van der Waals surface area contributed by atoms with Crippen LogP contribution in [0.5, 0.6) is 0 Å². The van der Waals surface area contributed by atoms with Gasteiger partial charge < -0.3 is 24.6 Å². The van der Waals surface area contributed by atoms with Crippen molar-refractivity contribution in [1.82, 2.24) is 19.5 Å². The van der Waals surface area contributed by atoms with E-state index in [1.54, 1.807) is 35.2 Å². The number of hydrogen-bond acceptors (Lipinski definition) is 8. The van der Waals surface area contributed by atoms with Gasteiger partial charge in [-0.2, -0.15) is 0 Å². The molecular weight excluding hydrogens is 426 g/mol. The molecule has 3 aromatic rings. The van der Waals surface area contributed by atoms with E-state index in [9.17, 15) is 9.90 Å². The molecule has 2 aromatic heterocycles. The summed E-state index contributed by atoms with van der Waals surface area (Å²) in [6.07, 6.45) is 0.584. The first-order chi connectivity index (χ1) is 15.9. The summed E-state index contributed by atoms with van der Waals surface area (Å²) >= 11 is 0. The van der Waals surface area contributed by atoms with Crippen molar-refractivity contribution in [3.8, 4) is 0 Å². The number of fused-ring (bicyclic) bond motifs is 1. The van der Waals surface area contributed by atoms with Gasteiger partial charge in [0.05, 0.1) is 25.1 Å². The number of carbonyl (C=O) groups excluding carboxylic acids is 1. The molecule has 0 radical (unpaired) electrons. The lowest BCUT2D eigenvalue weighted by atomic mass is 10.1. The summed E-state index contributed by atoms with van der Waals surface area (Å²) in [6, 6.07) is 8.86. The predicted octanol–water partition coefficient (Wildman–Crippen LogP) is 2.56. The summed E-state index contributed by atoms with van der Waals surface area (Å²) in [7, 11) is 0. The fraction of sp³-hybridized carbons (Fsp3) is 0.478. The molecule has 10 heteroatoms. The van der Waals surface area contributed by atoms with Crippen LogP contribution in [-0.4, -0.2) is 67.7 Å². The summed E-state index contributed by atoms with van der Waals surface area (Å²) in [5.74, 6) is -0.00496. The number of aromatic nitrogens is 4. The first kappa shape index (κ1) is 23.2. The molecule has 176 valence electrons. The minimum absolute atomic E-state index is 0.0775. The maximum absolute atomic E-state index is 12.6. The smallest absolute Gasteiger partial charge is 0.256 e. The minimum atomic E-state index is -0.633. The lowest BCUT2D eigenvalue weighted by Gasteiger charge is -2.28. The van der Waals surface area contributed by atoms with Crippen molar-refractivity contribution in [3.05, 3.63) is 48.5 Å². The molecule has 2 N–H and O–H groups in total. The second kappa shape index (κ2) is 9.92. The standard InChI is InChI=1S/C23H29N5O5/c1-13(2)31-18-16(10-29)33-23(19(18)32-14(3)4)28-12-26-17-20(24-11-25-21(17)28)27-22(30)15-8-6-5-7-9-15/h5-9,11-14,16,18-19,23,29H,10H2,1-4H3,(H,24,25,27,30)/t16-,18-,19-,23-/m1/s1. The number of anilines is 1. The van der Waals surface area contributed by atoms with Crippen LogP contribution < -0.4 is 5.32 Å². The summed E-state index contributed by atoms with van der Waals surface area (Å²) in [6.45, 7) is 7.50. The second-order valence-electron chi connectivity index (χ2n) is 8.41. The molecule has 0 spiro atoms. The van der Waals surface area contributed by atoms with Gasteiger partial charge in [-0.05, 0) is 39.8 Å². The van der Waals surface area contributed by atoms with E-state index in [1.807, 2.05) is 33.8 Å². The molecular formula is C23H29N5O5. The average molecular weight is 456 g/mol. The molecule has 4 atom stereocenters. The van der Waals surface area contributed by atoms with Crippen LogP contribution in [0.25, 0.3) is 11.2 Å². The van der Waals surface area contributed by atoms with Crippen molar-refractivity contribution >= 4 is 22.9 Å². The summed E-state index contributed by atoms with van der Waals surface area (Å²) in [4.78, 5) is 25.7. The summed E-state index contributed by atoms with van der Waals surface area (Å²) in [5, 5.41) is 12.7. The van der Waals surface area contributed by atoms with Gasteiger partial charge in [0.25, 0.3) is 5.91 Å². The van der Waals surface area contributed by atoms with Gasteiger partial charge in [-0.15, -0.1) is 0 Å². The molecule has 0 bridgehead atoms. The highest BCUT2D eigenvalue weighted by Gasteiger charge is 2.48. The quantitative estimate of drug-likeness (QED) is 0.532. The highest BCUT2D eigenvalue weighted by Crippen LogP contribution is 2.36. The van der Waals surface area contributed by atoms with Crippen LogP contribution >= 0.6 is 0 Å². The van der Waals surface area contributed by atoms with E-state index in [0.29, 0.717) is 22.5 Å². The third-order valence-corrected chi connectivity index (χ3v) is 5.22. The van der Waals surface area contributed by atoms with Gasteiger partial charge in [0.1, 0.15) is 24.6 Å². The van der Waals surface area contributed by atoms with E-state index in [1.165, 1.54) is 6.33 Å². The molecule has 0 aliphatic carbocycles. The number of aliphatic hydroxyl groups is 1. The monoisotopic (exact) mass is 455 g/mol. The Bertz CT molecular complexity index is 1090. The fourth-order valence-corrected chi connectivity index (χ4v) is 3.92. The first-order valence-corrected chi connectivity index (χ1v) is 11.0. The zero-order chi connectivity index (χ0) is 23.5. The lowest BCUT2D eigenvalue weighted by Crippen LogP contribution is -2.40. The third-order valence-electron chi connectivity index (χ3n) is 5.22. The van der Waals surface area contributed by atoms with Crippen LogP contribution in [0, 0.1) is 0 Å². The number of hydrogen-bond donors (Lipinski definition) is 2. The van der Waals surface area contributed by atoms with Crippen LogP contribution in [0.1, 0.15) is 44.3 Å². The van der Waals surface area contributed by atoms with Crippen LogP contribution in [0.4, 0.5) is 5.82 Å². The number of aliphatic hydroxyl groups excluding tert-OH is 1. The molecule has 0 saturated carbocycles. The van der Waals surface area contributed by atoms with Crippen LogP contribution in [-0.2, 0) is 14.2 Å². The third kappa shape index (κ3) is 4.88. The average Bonchev–Trinajstić information content (AvgIpc) is 3.36. The van der Waals surface area contributed by atoms with Crippen molar-refractivity contribution in [2.45, 2.75) is 64.4 Å². The fourth-order valence-electron chi connectivity index (χ4n) is 3.92. The Kier molecular flexibility index (Phi) is 6.99. The van der Waals surface area contributed by atoms with Gasteiger partial charge >= 0.3 is 0 Å². The molecule has 1 saturated heterocycles. The molecule has 1 aliphatic heterocycles.